The van der Waals surface area contributed by atoms with Crippen LogP contribution in [0.4, 0.5) is 13.2 Å². The van der Waals surface area contributed by atoms with Crippen LogP contribution in [0.25, 0.3) is 11.3 Å². The van der Waals surface area contributed by atoms with E-state index < -0.39 is 17.7 Å². The minimum Gasteiger partial charge on any atom is -0.481 e. The molecule has 0 aliphatic heterocycles. The summed E-state index contributed by atoms with van der Waals surface area (Å²) in [4.78, 5) is 10.4. The van der Waals surface area contributed by atoms with Crippen molar-refractivity contribution in [3.63, 3.8) is 0 Å². The molecule has 0 saturated heterocycles. The van der Waals surface area contributed by atoms with Crippen LogP contribution in [0.1, 0.15) is 17.7 Å². The number of hydrogen-bond donors (Lipinski definition) is 2. The molecule has 0 spiro atoms. The number of carboxylic acid groups (broad SMARTS) is 1. The average Bonchev–Trinajstić information content (AvgIpc) is 2.84. The maximum Gasteiger partial charge on any atom is 0.416 e. The second-order valence-corrected chi connectivity index (χ2v) is 4.25. The third-order valence-electron chi connectivity index (χ3n) is 2.75. The molecule has 2 N–H and O–H groups in total. The summed E-state index contributed by atoms with van der Waals surface area (Å²) in [6.45, 7) is 0. The Labute approximate surface area is 112 Å². The molecule has 0 aliphatic carbocycles. The van der Waals surface area contributed by atoms with Gasteiger partial charge < -0.3 is 5.11 Å². The van der Waals surface area contributed by atoms with Crippen LogP contribution in [0.15, 0.2) is 30.3 Å². The fourth-order valence-electron chi connectivity index (χ4n) is 1.71. The second-order valence-electron chi connectivity index (χ2n) is 4.25. The number of aromatic nitrogens is 2. The molecule has 0 amide bonds. The number of hydrogen-bond acceptors (Lipinski definition) is 2. The number of alkyl halides is 3. The lowest BCUT2D eigenvalue weighted by Gasteiger charge is -2.06. The van der Waals surface area contributed by atoms with Gasteiger partial charge >= 0.3 is 12.1 Å². The molecule has 4 nitrogen and oxygen atoms in total. The van der Waals surface area contributed by atoms with Crippen molar-refractivity contribution >= 4 is 5.97 Å². The number of H-pyrrole nitrogens is 1. The lowest BCUT2D eigenvalue weighted by molar-refractivity contribution is -0.138. The van der Waals surface area contributed by atoms with Crippen molar-refractivity contribution in [3.05, 3.63) is 41.6 Å². The molecule has 1 heterocycles. The summed E-state index contributed by atoms with van der Waals surface area (Å²) in [5.41, 5.74) is 0.931. The molecule has 20 heavy (non-hydrogen) atoms. The standard InChI is InChI=1S/C13H11F3N2O2/c14-13(15,16)9-3-1-8(2-4-9)11-7-10(17-18-11)5-6-12(19)20/h1-4,7H,5-6H2,(H,17,18)(H,19,20). The fraction of sp³-hybridized carbons (Fsp3) is 0.231. The van der Waals surface area contributed by atoms with Gasteiger partial charge in [-0.1, -0.05) is 12.1 Å². The Kier molecular flexibility index (Phi) is 3.78. The maximum absolute atomic E-state index is 12.4. The van der Waals surface area contributed by atoms with E-state index in [2.05, 4.69) is 10.2 Å². The molecule has 1 aromatic heterocycles. The molecule has 0 bridgehead atoms. The van der Waals surface area contributed by atoms with Crippen molar-refractivity contribution in [2.75, 3.05) is 0 Å². The first kappa shape index (κ1) is 14.1. The third kappa shape index (κ3) is 3.37. The van der Waals surface area contributed by atoms with E-state index in [9.17, 15) is 18.0 Å². The summed E-state index contributed by atoms with van der Waals surface area (Å²) in [6.07, 6.45) is -4.10. The SMILES string of the molecule is O=C(O)CCc1cc(-c2ccc(C(F)(F)F)cc2)n[nH]1. The molecule has 0 fully saturated rings. The van der Waals surface area contributed by atoms with Gasteiger partial charge in [-0.2, -0.15) is 18.3 Å². The highest BCUT2D eigenvalue weighted by atomic mass is 19.4. The summed E-state index contributed by atoms with van der Waals surface area (Å²) < 4.78 is 37.3. The van der Waals surface area contributed by atoms with Crippen molar-refractivity contribution < 1.29 is 23.1 Å². The smallest absolute Gasteiger partial charge is 0.416 e. The summed E-state index contributed by atoms with van der Waals surface area (Å²) in [7, 11) is 0. The molecule has 7 heteroatoms. The van der Waals surface area contributed by atoms with Crippen molar-refractivity contribution in [2.45, 2.75) is 19.0 Å². The second kappa shape index (κ2) is 5.36. The van der Waals surface area contributed by atoms with Gasteiger partial charge in [0.2, 0.25) is 0 Å². The van der Waals surface area contributed by atoms with Gasteiger partial charge in [-0.3, -0.25) is 9.89 Å². The van der Waals surface area contributed by atoms with Crippen molar-refractivity contribution in [3.8, 4) is 11.3 Å². The Morgan fingerprint density at radius 3 is 2.45 bits per heavy atom. The molecule has 0 aliphatic rings. The monoisotopic (exact) mass is 284 g/mol. The quantitative estimate of drug-likeness (QED) is 0.906. The van der Waals surface area contributed by atoms with Gasteiger partial charge in [0.1, 0.15) is 0 Å². The molecule has 2 aromatic rings. The van der Waals surface area contributed by atoms with Crippen molar-refractivity contribution in [1.29, 1.82) is 0 Å². The van der Waals surface area contributed by atoms with Gasteiger partial charge in [0.05, 0.1) is 17.7 Å². The molecule has 0 saturated carbocycles. The lowest BCUT2D eigenvalue weighted by Crippen LogP contribution is -2.03. The zero-order valence-electron chi connectivity index (χ0n) is 10.2. The minimum absolute atomic E-state index is 0.0331. The van der Waals surface area contributed by atoms with E-state index >= 15 is 0 Å². The van der Waals surface area contributed by atoms with E-state index in [-0.39, 0.29) is 6.42 Å². The lowest BCUT2D eigenvalue weighted by atomic mass is 10.1. The number of carboxylic acids is 1. The van der Waals surface area contributed by atoms with E-state index in [1.807, 2.05) is 0 Å². The Morgan fingerprint density at radius 1 is 1.25 bits per heavy atom. The van der Waals surface area contributed by atoms with Gasteiger partial charge in [0.25, 0.3) is 0 Å². The Bertz CT molecular complexity index is 603. The Balaban J connectivity index is 2.14. The highest BCUT2D eigenvalue weighted by Gasteiger charge is 2.30. The number of aryl methyl sites for hydroxylation is 1. The first-order valence-corrected chi connectivity index (χ1v) is 5.80. The molecule has 0 atom stereocenters. The molecular formula is C13H11F3N2O2. The number of aliphatic carboxylic acids is 1. The number of halogens is 3. The van der Waals surface area contributed by atoms with Gasteiger partial charge in [-0.25, -0.2) is 0 Å². The van der Waals surface area contributed by atoms with E-state index in [1.165, 1.54) is 12.1 Å². The number of aromatic amines is 1. The van der Waals surface area contributed by atoms with Crippen LogP contribution in [0.2, 0.25) is 0 Å². The third-order valence-corrected chi connectivity index (χ3v) is 2.75. The zero-order valence-corrected chi connectivity index (χ0v) is 10.2. The number of rotatable bonds is 4. The maximum atomic E-state index is 12.4. The molecule has 2 rings (SSSR count). The largest absolute Gasteiger partial charge is 0.481 e. The van der Waals surface area contributed by atoms with E-state index in [0.29, 0.717) is 23.4 Å². The van der Waals surface area contributed by atoms with Crippen LogP contribution < -0.4 is 0 Å². The van der Waals surface area contributed by atoms with E-state index in [1.54, 1.807) is 6.07 Å². The highest BCUT2D eigenvalue weighted by molar-refractivity contribution is 5.67. The molecular weight excluding hydrogens is 273 g/mol. The van der Waals surface area contributed by atoms with Gasteiger partial charge in [-0.05, 0) is 24.6 Å². The Morgan fingerprint density at radius 2 is 1.90 bits per heavy atom. The van der Waals surface area contributed by atoms with Crippen LogP contribution in [0.3, 0.4) is 0 Å². The fourth-order valence-corrected chi connectivity index (χ4v) is 1.71. The summed E-state index contributed by atoms with van der Waals surface area (Å²) in [6, 6.07) is 6.27. The number of nitrogens with zero attached hydrogens (tertiary/aromatic N) is 1. The van der Waals surface area contributed by atoms with Crippen LogP contribution >= 0.6 is 0 Å². The first-order valence-electron chi connectivity index (χ1n) is 5.80. The van der Waals surface area contributed by atoms with Gasteiger partial charge in [-0.15, -0.1) is 0 Å². The number of nitrogens with one attached hydrogen (secondary N) is 1. The summed E-state index contributed by atoms with van der Waals surface area (Å²) in [5, 5.41) is 15.2. The van der Waals surface area contributed by atoms with Crippen LogP contribution in [-0.4, -0.2) is 21.3 Å². The number of carbonyl (C=O) groups is 1. The molecule has 106 valence electrons. The highest BCUT2D eigenvalue weighted by Crippen LogP contribution is 2.30. The predicted molar refractivity (Wildman–Crippen MR) is 65.0 cm³/mol. The average molecular weight is 284 g/mol. The zero-order chi connectivity index (χ0) is 14.8. The Hall–Kier alpha value is -2.31. The topological polar surface area (TPSA) is 66.0 Å². The summed E-state index contributed by atoms with van der Waals surface area (Å²) >= 11 is 0. The number of benzene rings is 1. The minimum atomic E-state index is -4.36. The summed E-state index contributed by atoms with van der Waals surface area (Å²) in [5.74, 6) is -0.921. The van der Waals surface area contributed by atoms with E-state index in [4.69, 9.17) is 5.11 Å². The van der Waals surface area contributed by atoms with Crippen molar-refractivity contribution in [2.24, 2.45) is 0 Å². The van der Waals surface area contributed by atoms with Crippen LogP contribution in [0, 0.1) is 0 Å². The van der Waals surface area contributed by atoms with Gasteiger partial charge in [0, 0.05) is 11.3 Å². The predicted octanol–water partition coefficient (Wildman–Crippen LogP) is 3.11. The van der Waals surface area contributed by atoms with Crippen molar-refractivity contribution in [1.82, 2.24) is 10.2 Å². The van der Waals surface area contributed by atoms with Gasteiger partial charge in [0.15, 0.2) is 0 Å². The van der Waals surface area contributed by atoms with Crippen LogP contribution in [0.5, 0.6) is 0 Å². The van der Waals surface area contributed by atoms with Crippen LogP contribution in [-0.2, 0) is 17.4 Å². The normalized spacial score (nSPS) is 11.6. The first-order chi connectivity index (χ1) is 9.36. The molecule has 0 unspecified atom stereocenters. The van der Waals surface area contributed by atoms with E-state index in [0.717, 1.165) is 12.1 Å². The molecule has 1 aromatic carbocycles. The molecule has 0 radical (unpaired) electrons.